The first kappa shape index (κ1) is 9.07. The van der Waals surface area contributed by atoms with Gasteiger partial charge in [-0.25, -0.2) is 0 Å². The Morgan fingerprint density at radius 2 is 2.00 bits per heavy atom. The van der Waals surface area contributed by atoms with Crippen molar-refractivity contribution in [3.05, 3.63) is 35.9 Å². The zero-order valence-electron chi connectivity index (χ0n) is 6.57. The summed E-state index contributed by atoms with van der Waals surface area (Å²) in [5, 5.41) is 11.4. The molecule has 0 bridgehead atoms. The monoisotopic (exact) mass is 183 g/mol. The summed E-state index contributed by atoms with van der Waals surface area (Å²) in [7, 11) is 0. The van der Waals surface area contributed by atoms with E-state index >= 15 is 0 Å². The van der Waals surface area contributed by atoms with Crippen LogP contribution in [0.5, 0.6) is 0 Å². The summed E-state index contributed by atoms with van der Waals surface area (Å²) in [4.78, 5) is 0. The van der Waals surface area contributed by atoms with Crippen LogP contribution in [0.2, 0.25) is 0 Å². The Labute approximate surface area is 76.5 Å². The van der Waals surface area contributed by atoms with E-state index in [0.29, 0.717) is 6.42 Å². The molecule has 0 saturated carbocycles. The highest BCUT2D eigenvalue weighted by Crippen LogP contribution is 2.04. The van der Waals surface area contributed by atoms with E-state index in [2.05, 4.69) is 5.16 Å². The van der Waals surface area contributed by atoms with Crippen LogP contribution < -0.4 is 0 Å². The van der Waals surface area contributed by atoms with Crippen molar-refractivity contribution < 1.29 is 5.21 Å². The second-order valence-corrected chi connectivity index (χ2v) is 2.90. The standard InChI is InChI=1S/C9H10ClNO/c10-9(11-12)7-6-8-4-2-1-3-5-8/h1-5,12H,6-7H2. The molecule has 1 N–H and O–H groups in total. The molecule has 2 nitrogen and oxygen atoms in total. The quantitative estimate of drug-likeness (QED) is 0.436. The van der Waals surface area contributed by atoms with Gasteiger partial charge >= 0.3 is 0 Å². The molecule has 1 rings (SSSR count). The Kier molecular flexibility index (Phi) is 3.61. The summed E-state index contributed by atoms with van der Waals surface area (Å²) in [6.45, 7) is 0. The first-order chi connectivity index (χ1) is 5.83. The molecule has 0 fully saturated rings. The molecular weight excluding hydrogens is 174 g/mol. The van der Waals surface area contributed by atoms with E-state index in [0.717, 1.165) is 6.42 Å². The summed E-state index contributed by atoms with van der Waals surface area (Å²) in [5.41, 5.74) is 1.19. The topological polar surface area (TPSA) is 32.6 Å². The highest BCUT2D eigenvalue weighted by atomic mass is 35.5. The van der Waals surface area contributed by atoms with Crippen LogP contribution in [0.4, 0.5) is 0 Å². The van der Waals surface area contributed by atoms with Crippen LogP contribution in [0, 0.1) is 0 Å². The molecule has 0 aliphatic carbocycles. The van der Waals surface area contributed by atoms with E-state index in [-0.39, 0.29) is 5.17 Å². The highest BCUT2D eigenvalue weighted by Gasteiger charge is 1.95. The Bertz CT molecular complexity index is 258. The summed E-state index contributed by atoms with van der Waals surface area (Å²) in [6.07, 6.45) is 1.39. The third kappa shape index (κ3) is 2.93. The van der Waals surface area contributed by atoms with E-state index in [1.54, 1.807) is 0 Å². The lowest BCUT2D eigenvalue weighted by molar-refractivity contribution is 0.319. The molecule has 0 amide bonds. The van der Waals surface area contributed by atoms with Gasteiger partial charge in [0.15, 0.2) is 0 Å². The van der Waals surface area contributed by atoms with Crippen molar-refractivity contribution in [1.82, 2.24) is 0 Å². The van der Waals surface area contributed by atoms with Crippen molar-refractivity contribution in [3.63, 3.8) is 0 Å². The molecule has 0 spiro atoms. The van der Waals surface area contributed by atoms with Gasteiger partial charge in [0, 0.05) is 6.42 Å². The van der Waals surface area contributed by atoms with Gasteiger partial charge in [0.2, 0.25) is 0 Å². The number of rotatable bonds is 3. The third-order valence-corrected chi connectivity index (χ3v) is 1.84. The van der Waals surface area contributed by atoms with Crippen LogP contribution in [0.3, 0.4) is 0 Å². The van der Waals surface area contributed by atoms with Crippen molar-refractivity contribution in [1.29, 1.82) is 0 Å². The number of benzene rings is 1. The summed E-state index contributed by atoms with van der Waals surface area (Å²) in [6, 6.07) is 9.94. The van der Waals surface area contributed by atoms with Gasteiger partial charge in [-0.3, -0.25) is 0 Å². The lowest BCUT2D eigenvalue weighted by Gasteiger charge is -1.97. The Morgan fingerprint density at radius 3 is 2.58 bits per heavy atom. The molecule has 0 aliphatic heterocycles. The number of halogens is 1. The number of oxime groups is 1. The predicted molar refractivity (Wildman–Crippen MR) is 49.8 cm³/mol. The molecule has 0 unspecified atom stereocenters. The lowest BCUT2D eigenvalue weighted by atomic mass is 10.1. The van der Waals surface area contributed by atoms with Gasteiger partial charge in [0.05, 0.1) is 0 Å². The normalized spacial score (nSPS) is 11.6. The zero-order chi connectivity index (χ0) is 8.81. The zero-order valence-corrected chi connectivity index (χ0v) is 7.33. The van der Waals surface area contributed by atoms with Gasteiger partial charge in [0.25, 0.3) is 0 Å². The second-order valence-electron chi connectivity index (χ2n) is 2.46. The first-order valence-corrected chi connectivity index (χ1v) is 4.11. The van der Waals surface area contributed by atoms with Crippen LogP contribution in [0.1, 0.15) is 12.0 Å². The molecular formula is C9H10ClNO. The van der Waals surface area contributed by atoms with E-state index in [1.807, 2.05) is 30.3 Å². The van der Waals surface area contributed by atoms with Crippen molar-refractivity contribution in [3.8, 4) is 0 Å². The maximum atomic E-state index is 8.27. The van der Waals surface area contributed by atoms with Crippen molar-refractivity contribution in [2.75, 3.05) is 0 Å². The van der Waals surface area contributed by atoms with Crippen molar-refractivity contribution in [2.24, 2.45) is 5.16 Å². The average molecular weight is 184 g/mol. The summed E-state index contributed by atoms with van der Waals surface area (Å²) < 4.78 is 0. The maximum absolute atomic E-state index is 8.27. The fourth-order valence-electron chi connectivity index (χ4n) is 0.942. The van der Waals surface area contributed by atoms with Gasteiger partial charge in [-0.1, -0.05) is 47.1 Å². The largest absolute Gasteiger partial charge is 0.410 e. The maximum Gasteiger partial charge on any atom is 0.145 e. The Morgan fingerprint density at radius 1 is 1.33 bits per heavy atom. The predicted octanol–water partition coefficient (Wildman–Crippen LogP) is 2.65. The molecule has 0 saturated heterocycles. The molecule has 0 aromatic heterocycles. The summed E-state index contributed by atoms with van der Waals surface area (Å²) in [5.74, 6) is 0. The first-order valence-electron chi connectivity index (χ1n) is 3.73. The SMILES string of the molecule is ON=C(Cl)CCc1ccccc1. The minimum Gasteiger partial charge on any atom is -0.410 e. The van der Waals surface area contributed by atoms with Gasteiger partial charge in [0.1, 0.15) is 5.17 Å². The van der Waals surface area contributed by atoms with Crippen molar-refractivity contribution >= 4 is 16.8 Å². The Hall–Kier alpha value is -1.02. The highest BCUT2D eigenvalue weighted by molar-refractivity contribution is 6.65. The van der Waals surface area contributed by atoms with Gasteiger partial charge in [-0.2, -0.15) is 0 Å². The smallest absolute Gasteiger partial charge is 0.145 e. The summed E-state index contributed by atoms with van der Waals surface area (Å²) >= 11 is 5.52. The fourth-order valence-corrected chi connectivity index (χ4v) is 1.04. The minimum atomic E-state index is 0.249. The number of hydrogen-bond donors (Lipinski definition) is 1. The minimum absolute atomic E-state index is 0.249. The van der Waals surface area contributed by atoms with Gasteiger partial charge in [-0.15, -0.1) is 0 Å². The average Bonchev–Trinajstić information content (AvgIpc) is 2.16. The number of nitrogens with zero attached hydrogens (tertiary/aromatic N) is 1. The Balaban J connectivity index is 2.44. The fraction of sp³-hybridized carbons (Fsp3) is 0.222. The molecule has 0 radical (unpaired) electrons. The van der Waals surface area contributed by atoms with Gasteiger partial charge in [-0.05, 0) is 12.0 Å². The lowest BCUT2D eigenvalue weighted by Crippen LogP contribution is -1.91. The molecule has 0 aliphatic rings. The molecule has 12 heavy (non-hydrogen) atoms. The molecule has 0 heterocycles. The third-order valence-electron chi connectivity index (χ3n) is 1.57. The number of aryl methyl sites for hydroxylation is 1. The van der Waals surface area contributed by atoms with E-state index in [4.69, 9.17) is 16.8 Å². The van der Waals surface area contributed by atoms with Crippen molar-refractivity contribution in [2.45, 2.75) is 12.8 Å². The van der Waals surface area contributed by atoms with Gasteiger partial charge < -0.3 is 5.21 Å². The van der Waals surface area contributed by atoms with Crippen LogP contribution in [0.25, 0.3) is 0 Å². The number of hydrogen-bond acceptors (Lipinski definition) is 2. The molecule has 0 atom stereocenters. The van der Waals surface area contributed by atoms with E-state index < -0.39 is 0 Å². The van der Waals surface area contributed by atoms with Crippen LogP contribution in [0.15, 0.2) is 35.5 Å². The van der Waals surface area contributed by atoms with E-state index in [9.17, 15) is 0 Å². The van der Waals surface area contributed by atoms with Crippen LogP contribution in [-0.4, -0.2) is 10.4 Å². The molecule has 64 valence electrons. The van der Waals surface area contributed by atoms with Crippen LogP contribution >= 0.6 is 11.6 Å². The molecule has 3 heteroatoms. The molecule has 1 aromatic rings. The second kappa shape index (κ2) is 4.78. The van der Waals surface area contributed by atoms with E-state index in [1.165, 1.54) is 5.56 Å². The van der Waals surface area contributed by atoms with Crippen LogP contribution in [-0.2, 0) is 6.42 Å². The molecule has 1 aromatic carbocycles.